The van der Waals surface area contributed by atoms with E-state index < -0.39 is 6.10 Å². The van der Waals surface area contributed by atoms with Gasteiger partial charge in [-0.3, -0.25) is 14.4 Å². The standard InChI is InChI=1S/C51H98O6/c1-7-47(6)39-33-27-23-24-30-36-42-51(54)57-48(44-56-50(53)41-35-29-22-18-14-16-20-26-32-38-46(4)5)43-55-49(52)40-34-28-21-17-13-11-9-8-10-12-15-19-25-31-37-45(2)3/h45-48H,7-44H2,1-6H3/t47?,48-/m0/s1. The fraction of sp³-hybridized carbons (Fsp3) is 0.941. The van der Waals surface area contributed by atoms with Crippen LogP contribution in [0.2, 0.25) is 0 Å². The van der Waals surface area contributed by atoms with Gasteiger partial charge in [-0.15, -0.1) is 0 Å². The summed E-state index contributed by atoms with van der Waals surface area (Å²) >= 11 is 0. The van der Waals surface area contributed by atoms with Crippen molar-refractivity contribution in [2.75, 3.05) is 13.2 Å². The van der Waals surface area contributed by atoms with Gasteiger partial charge in [-0.2, -0.15) is 0 Å². The molecule has 0 spiro atoms. The number of unbranched alkanes of at least 4 members (excludes halogenated alkanes) is 26. The van der Waals surface area contributed by atoms with Crippen LogP contribution in [0.5, 0.6) is 0 Å². The Hall–Kier alpha value is -1.59. The van der Waals surface area contributed by atoms with Gasteiger partial charge in [0.2, 0.25) is 0 Å². The van der Waals surface area contributed by atoms with E-state index >= 15 is 0 Å². The molecule has 2 atom stereocenters. The van der Waals surface area contributed by atoms with Crippen LogP contribution in [0.4, 0.5) is 0 Å². The highest BCUT2D eigenvalue weighted by atomic mass is 16.6. The fourth-order valence-electron chi connectivity index (χ4n) is 7.55. The minimum atomic E-state index is -0.763. The number of carbonyl (C=O) groups excluding carboxylic acids is 3. The van der Waals surface area contributed by atoms with Gasteiger partial charge in [-0.05, 0) is 37.0 Å². The van der Waals surface area contributed by atoms with Crippen LogP contribution in [0, 0.1) is 17.8 Å². The van der Waals surface area contributed by atoms with Crippen molar-refractivity contribution in [1.29, 1.82) is 0 Å². The van der Waals surface area contributed by atoms with Gasteiger partial charge in [0.15, 0.2) is 6.10 Å². The van der Waals surface area contributed by atoms with Crippen LogP contribution >= 0.6 is 0 Å². The molecule has 338 valence electrons. The maximum absolute atomic E-state index is 12.7. The molecule has 0 aromatic carbocycles. The van der Waals surface area contributed by atoms with E-state index in [0.29, 0.717) is 19.3 Å². The summed E-state index contributed by atoms with van der Waals surface area (Å²) < 4.78 is 16.8. The maximum Gasteiger partial charge on any atom is 0.306 e. The van der Waals surface area contributed by atoms with Gasteiger partial charge in [0, 0.05) is 19.3 Å². The summed E-state index contributed by atoms with van der Waals surface area (Å²) in [6, 6.07) is 0. The minimum Gasteiger partial charge on any atom is -0.462 e. The lowest BCUT2D eigenvalue weighted by atomic mass is 10.00. The molecular formula is C51H98O6. The molecule has 0 N–H and O–H groups in total. The third-order valence-corrected chi connectivity index (χ3v) is 11.8. The molecule has 0 aliphatic heterocycles. The first-order valence-electron chi connectivity index (χ1n) is 25.1. The average molecular weight is 807 g/mol. The second-order valence-electron chi connectivity index (χ2n) is 18.6. The van der Waals surface area contributed by atoms with Crippen molar-refractivity contribution in [1.82, 2.24) is 0 Å². The molecule has 6 nitrogen and oxygen atoms in total. The lowest BCUT2D eigenvalue weighted by molar-refractivity contribution is -0.167. The van der Waals surface area contributed by atoms with E-state index in [4.69, 9.17) is 14.2 Å². The summed E-state index contributed by atoms with van der Waals surface area (Å²) in [4.78, 5) is 37.8. The van der Waals surface area contributed by atoms with Crippen molar-refractivity contribution in [3.05, 3.63) is 0 Å². The molecule has 6 heteroatoms. The molecule has 0 saturated heterocycles. The highest BCUT2D eigenvalue weighted by Gasteiger charge is 2.19. The molecule has 0 amide bonds. The Bertz CT molecular complexity index is 885. The Morgan fingerprint density at radius 1 is 0.351 bits per heavy atom. The molecular weight excluding hydrogens is 709 g/mol. The summed E-state index contributed by atoms with van der Waals surface area (Å²) in [7, 11) is 0. The lowest BCUT2D eigenvalue weighted by Crippen LogP contribution is -2.30. The Labute approximate surface area is 355 Å². The van der Waals surface area contributed by atoms with Gasteiger partial charge in [0.25, 0.3) is 0 Å². The first kappa shape index (κ1) is 55.4. The van der Waals surface area contributed by atoms with Gasteiger partial charge >= 0.3 is 17.9 Å². The van der Waals surface area contributed by atoms with Crippen LogP contribution in [0.25, 0.3) is 0 Å². The highest BCUT2D eigenvalue weighted by Crippen LogP contribution is 2.18. The Balaban J connectivity index is 4.28. The molecule has 1 unspecified atom stereocenters. The first-order chi connectivity index (χ1) is 27.6. The van der Waals surface area contributed by atoms with Crippen LogP contribution in [0.15, 0.2) is 0 Å². The predicted octanol–water partition coefficient (Wildman–Crippen LogP) is 16.0. The highest BCUT2D eigenvalue weighted by molar-refractivity contribution is 5.71. The molecule has 0 fully saturated rings. The van der Waals surface area contributed by atoms with Crippen molar-refractivity contribution < 1.29 is 28.6 Å². The van der Waals surface area contributed by atoms with E-state index in [2.05, 4.69) is 41.5 Å². The predicted molar refractivity (Wildman–Crippen MR) is 243 cm³/mol. The number of carbonyl (C=O) groups is 3. The zero-order valence-corrected chi connectivity index (χ0v) is 39.1. The molecule has 0 rings (SSSR count). The number of esters is 3. The van der Waals surface area contributed by atoms with E-state index in [1.54, 1.807) is 0 Å². The average Bonchev–Trinajstić information content (AvgIpc) is 3.18. The van der Waals surface area contributed by atoms with Crippen molar-refractivity contribution in [3.8, 4) is 0 Å². The first-order valence-corrected chi connectivity index (χ1v) is 25.1. The van der Waals surface area contributed by atoms with E-state index in [-0.39, 0.29) is 31.1 Å². The molecule has 57 heavy (non-hydrogen) atoms. The molecule has 0 heterocycles. The second-order valence-corrected chi connectivity index (χ2v) is 18.6. The van der Waals surface area contributed by atoms with E-state index in [0.717, 1.165) is 75.5 Å². The number of rotatable bonds is 44. The third-order valence-electron chi connectivity index (χ3n) is 11.8. The molecule has 0 aromatic rings. The van der Waals surface area contributed by atoms with Gasteiger partial charge < -0.3 is 14.2 Å². The number of hydrogen-bond acceptors (Lipinski definition) is 6. The van der Waals surface area contributed by atoms with Gasteiger partial charge in [-0.25, -0.2) is 0 Å². The van der Waals surface area contributed by atoms with Gasteiger partial charge in [-0.1, -0.05) is 234 Å². The SMILES string of the molecule is CCC(C)CCCCCCCCC(=O)O[C@@H](COC(=O)CCCCCCCCCCCCCCCCC(C)C)COC(=O)CCCCCCCCCCCC(C)C. The van der Waals surface area contributed by atoms with Gasteiger partial charge in [0.05, 0.1) is 0 Å². The van der Waals surface area contributed by atoms with Crippen LogP contribution in [0.3, 0.4) is 0 Å². The van der Waals surface area contributed by atoms with Crippen molar-refractivity contribution >= 4 is 17.9 Å². The normalized spacial score (nSPS) is 12.6. The zero-order valence-electron chi connectivity index (χ0n) is 39.1. The lowest BCUT2D eigenvalue weighted by Gasteiger charge is -2.18. The molecule has 0 radical (unpaired) electrons. The summed E-state index contributed by atoms with van der Waals surface area (Å²) in [6.45, 7) is 13.7. The maximum atomic E-state index is 12.7. The largest absolute Gasteiger partial charge is 0.462 e. The monoisotopic (exact) mass is 807 g/mol. The topological polar surface area (TPSA) is 78.9 Å². The van der Waals surface area contributed by atoms with Gasteiger partial charge in [0.1, 0.15) is 13.2 Å². The summed E-state index contributed by atoms with van der Waals surface area (Å²) in [5, 5.41) is 0. The third kappa shape index (κ3) is 43.8. The summed E-state index contributed by atoms with van der Waals surface area (Å²) in [5.41, 5.74) is 0. The van der Waals surface area contributed by atoms with E-state index in [1.807, 2.05) is 0 Å². The molecule has 0 aliphatic carbocycles. The zero-order chi connectivity index (χ0) is 42.0. The van der Waals surface area contributed by atoms with E-state index in [9.17, 15) is 14.4 Å². The van der Waals surface area contributed by atoms with Crippen LogP contribution < -0.4 is 0 Å². The fourth-order valence-corrected chi connectivity index (χ4v) is 7.55. The van der Waals surface area contributed by atoms with Crippen molar-refractivity contribution in [3.63, 3.8) is 0 Å². The summed E-state index contributed by atoms with van der Waals surface area (Å²) in [5.74, 6) is 1.60. The molecule has 0 aliphatic rings. The van der Waals surface area contributed by atoms with Crippen molar-refractivity contribution in [2.45, 2.75) is 279 Å². The van der Waals surface area contributed by atoms with Crippen molar-refractivity contribution in [2.24, 2.45) is 17.8 Å². The minimum absolute atomic E-state index is 0.0658. The van der Waals surface area contributed by atoms with E-state index in [1.165, 1.54) is 154 Å². The number of ether oxygens (including phenoxy) is 3. The van der Waals surface area contributed by atoms with Crippen LogP contribution in [-0.2, 0) is 28.6 Å². The summed E-state index contributed by atoms with van der Waals surface area (Å²) in [6.07, 6.45) is 40.9. The quantitative estimate of drug-likeness (QED) is 0.0347. The number of hydrogen-bond donors (Lipinski definition) is 0. The Morgan fingerprint density at radius 2 is 0.614 bits per heavy atom. The van der Waals surface area contributed by atoms with Crippen LogP contribution in [0.1, 0.15) is 273 Å². The molecule has 0 bridgehead atoms. The smallest absolute Gasteiger partial charge is 0.306 e. The Morgan fingerprint density at radius 3 is 0.912 bits per heavy atom. The Kier molecular flexibility index (Phi) is 41.3. The molecule has 0 aromatic heterocycles. The van der Waals surface area contributed by atoms with Crippen LogP contribution in [-0.4, -0.2) is 37.2 Å². The molecule has 0 saturated carbocycles. The second kappa shape index (κ2) is 42.5.